The molecule has 0 atom stereocenters. The minimum atomic E-state index is -3.17. The zero-order valence-corrected chi connectivity index (χ0v) is 18.0. The molecule has 0 radical (unpaired) electrons. The minimum Gasteiger partial charge on any atom is -0.435 e. The van der Waals surface area contributed by atoms with E-state index in [0.717, 1.165) is 6.07 Å². The Morgan fingerprint density at radius 3 is 2.22 bits per heavy atom. The van der Waals surface area contributed by atoms with Gasteiger partial charge in [0.1, 0.15) is 11.5 Å². The van der Waals surface area contributed by atoms with Crippen molar-refractivity contribution in [1.82, 2.24) is 14.7 Å². The van der Waals surface area contributed by atoms with Gasteiger partial charge in [-0.2, -0.15) is 17.6 Å². The second-order valence-corrected chi connectivity index (χ2v) is 6.96. The van der Waals surface area contributed by atoms with Gasteiger partial charge >= 0.3 is 13.2 Å². The lowest BCUT2D eigenvalue weighted by Gasteiger charge is -2.34. The Bertz CT molecular complexity index is 795. The van der Waals surface area contributed by atoms with Crippen LogP contribution in [0.1, 0.15) is 19.4 Å². The van der Waals surface area contributed by atoms with E-state index in [-0.39, 0.29) is 28.9 Å². The Balaban J connectivity index is 1.96. The van der Waals surface area contributed by atoms with Crippen LogP contribution in [-0.4, -0.2) is 85.6 Å². The summed E-state index contributed by atoms with van der Waals surface area (Å²) < 4.78 is 58.6. The fourth-order valence-corrected chi connectivity index (χ4v) is 3.29. The average molecular weight is 461 g/mol. The lowest BCUT2D eigenvalue weighted by atomic mass is 10.1. The Morgan fingerprint density at radius 1 is 1.03 bits per heavy atom. The number of carbonyl (C=O) groups is 2. The van der Waals surface area contributed by atoms with Crippen molar-refractivity contribution in [3.63, 3.8) is 0 Å². The van der Waals surface area contributed by atoms with Crippen molar-refractivity contribution < 1.29 is 36.6 Å². The molecule has 178 valence electrons. The van der Waals surface area contributed by atoms with Gasteiger partial charge in [-0.1, -0.05) is 0 Å². The number of ether oxygens (including phenoxy) is 2. The third-order valence-electron chi connectivity index (χ3n) is 4.99. The van der Waals surface area contributed by atoms with Gasteiger partial charge in [0.05, 0.1) is 6.54 Å². The van der Waals surface area contributed by atoms with Crippen molar-refractivity contribution in [3.05, 3.63) is 29.8 Å². The number of alkyl halides is 4. The molecule has 1 aliphatic heterocycles. The van der Waals surface area contributed by atoms with Crippen molar-refractivity contribution in [2.24, 2.45) is 0 Å². The number of hydrogen-bond acceptors (Lipinski definition) is 5. The molecule has 0 saturated carbocycles. The molecule has 1 aromatic rings. The molecule has 0 aromatic heterocycles. The van der Waals surface area contributed by atoms with Gasteiger partial charge in [-0.05, 0) is 32.1 Å². The fourth-order valence-electron chi connectivity index (χ4n) is 3.29. The number of nitrogens with zero attached hydrogens (tertiary/aromatic N) is 3. The standard InChI is InChI=1S/C21H27F4N3O4/c1-3-27(4-2)19(30)14-26-9-11-28(12-10-26)18(29)8-6-15-5-7-16(31-20(22)23)13-17(15)32-21(24)25/h5-8,13,20-21H,3-4,9-12,14H2,1-2H3/b8-6+. The van der Waals surface area contributed by atoms with Gasteiger partial charge in [0.25, 0.3) is 0 Å². The van der Waals surface area contributed by atoms with Crippen molar-refractivity contribution in [3.8, 4) is 11.5 Å². The van der Waals surface area contributed by atoms with Crippen LogP contribution in [0.3, 0.4) is 0 Å². The molecule has 32 heavy (non-hydrogen) atoms. The van der Waals surface area contributed by atoms with Gasteiger partial charge in [0.15, 0.2) is 0 Å². The van der Waals surface area contributed by atoms with Gasteiger partial charge in [-0.15, -0.1) is 0 Å². The second kappa shape index (κ2) is 12.3. The Morgan fingerprint density at radius 2 is 1.66 bits per heavy atom. The lowest BCUT2D eigenvalue weighted by molar-refractivity contribution is -0.133. The number of likely N-dealkylation sites (N-methyl/N-ethyl adjacent to an activating group) is 1. The molecule has 0 unspecified atom stereocenters. The zero-order valence-electron chi connectivity index (χ0n) is 18.0. The van der Waals surface area contributed by atoms with Gasteiger partial charge in [0, 0.05) is 57.0 Å². The number of rotatable bonds is 10. The summed E-state index contributed by atoms with van der Waals surface area (Å²) in [5.41, 5.74) is 0.115. The third-order valence-corrected chi connectivity index (χ3v) is 4.99. The van der Waals surface area contributed by atoms with Crippen LogP contribution in [0.4, 0.5) is 17.6 Å². The second-order valence-electron chi connectivity index (χ2n) is 6.96. The van der Waals surface area contributed by atoms with Gasteiger partial charge in [-0.3, -0.25) is 14.5 Å². The first kappa shape index (κ1) is 25.4. The average Bonchev–Trinajstić information content (AvgIpc) is 2.73. The highest BCUT2D eigenvalue weighted by Gasteiger charge is 2.22. The van der Waals surface area contributed by atoms with Crippen LogP contribution in [0.2, 0.25) is 0 Å². The van der Waals surface area contributed by atoms with Crippen molar-refractivity contribution in [2.45, 2.75) is 27.1 Å². The van der Waals surface area contributed by atoms with Crippen molar-refractivity contribution >= 4 is 17.9 Å². The number of piperazine rings is 1. The minimum absolute atomic E-state index is 0.0421. The molecule has 0 spiro atoms. The normalized spacial score (nSPS) is 14.9. The maximum atomic E-state index is 12.7. The monoisotopic (exact) mass is 461 g/mol. The van der Waals surface area contributed by atoms with Crippen LogP contribution in [0.15, 0.2) is 24.3 Å². The van der Waals surface area contributed by atoms with Crippen LogP contribution in [0, 0.1) is 0 Å². The maximum Gasteiger partial charge on any atom is 0.387 e. The zero-order chi connectivity index (χ0) is 23.7. The Labute approximate surface area is 184 Å². The largest absolute Gasteiger partial charge is 0.435 e. The van der Waals surface area contributed by atoms with E-state index >= 15 is 0 Å². The summed E-state index contributed by atoms with van der Waals surface area (Å²) in [4.78, 5) is 30.0. The van der Waals surface area contributed by atoms with E-state index in [9.17, 15) is 27.2 Å². The summed E-state index contributed by atoms with van der Waals surface area (Å²) in [6.45, 7) is 1.02. The van der Waals surface area contributed by atoms with Gasteiger partial charge in [0.2, 0.25) is 11.8 Å². The number of carbonyl (C=O) groups excluding carboxylic acids is 2. The van der Waals surface area contributed by atoms with E-state index in [1.165, 1.54) is 24.3 Å². The summed E-state index contributed by atoms with van der Waals surface area (Å²) in [5, 5.41) is 0. The first-order valence-electron chi connectivity index (χ1n) is 10.2. The first-order valence-corrected chi connectivity index (χ1v) is 10.2. The molecule has 1 saturated heterocycles. The Hall–Kier alpha value is -2.82. The fraction of sp³-hybridized carbons (Fsp3) is 0.524. The predicted molar refractivity (Wildman–Crippen MR) is 110 cm³/mol. The smallest absolute Gasteiger partial charge is 0.387 e. The van der Waals surface area contributed by atoms with E-state index < -0.39 is 13.2 Å². The van der Waals surface area contributed by atoms with Crippen LogP contribution < -0.4 is 9.47 Å². The van der Waals surface area contributed by atoms with Crippen LogP contribution in [0.25, 0.3) is 6.08 Å². The quantitative estimate of drug-likeness (QED) is 0.396. The number of benzene rings is 1. The summed E-state index contributed by atoms with van der Waals surface area (Å²) >= 11 is 0. The molecule has 7 nitrogen and oxygen atoms in total. The van der Waals surface area contributed by atoms with E-state index in [4.69, 9.17) is 0 Å². The first-order chi connectivity index (χ1) is 15.2. The van der Waals surface area contributed by atoms with Gasteiger partial charge in [-0.25, -0.2) is 0 Å². The van der Waals surface area contributed by atoms with E-state index in [0.29, 0.717) is 45.8 Å². The van der Waals surface area contributed by atoms with E-state index in [1.54, 1.807) is 9.80 Å². The molecule has 2 amide bonds. The number of halogens is 4. The highest BCUT2D eigenvalue weighted by atomic mass is 19.3. The highest BCUT2D eigenvalue weighted by molar-refractivity contribution is 5.92. The summed E-state index contributed by atoms with van der Waals surface area (Å²) in [6.07, 6.45) is 2.49. The highest BCUT2D eigenvalue weighted by Crippen LogP contribution is 2.28. The Kier molecular flexibility index (Phi) is 9.76. The molecule has 0 bridgehead atoms. The summed E-state index contributed by atoms with van der Waals surface area (Å²) in [6, 6.07) is 3.32. The topological polar surface area (TPSA) is 62.3 Å². The molecule has 2 rings (SSSR count). The van der Waals surface area contributed by atoms with Gasteiger partial charge < -0.3 is 19.3 Å². The van der Waals surface area contributed by atoms with E-state index in [1.807, 2.05) is 18.7 Å². The molecule has 1 aromatic carbocycles. The molecule has 0 N–H and O–H groups in total. The van der Waals surface area contributed by atoms with E-state index in [2.05, 4.69) is 9.47 Å². The molecule has 1 aliphatic rings. The van der Waals surface area contributed by atoms with Crippen LogP contribution in [-0.2, 0) is 9.59 Å². The molecule has 1 heterocycles. The molecular formula is C21H27F4N3O4. The molecule has 11 heteroatoms. The lowest BCUT2D eigenvalue weighted by Crippen LogP contribution is -2.51. The third kappa shape index (κ3) is 7.70. The maximum absolute atomic E-state index is 12.7. The molecule has 1 fully saturated rings. The van der Waals surface area contributed by atoms with Crippen molar-refractivity contribution in [2.75, 3.05) is 45.8 Å². The number of hydrogen-bond donors (Lipinski definition) is 0. The van der Waals surface area contributed by atoms with Crippen molar-refractivity contribution in [1.29, 1.82) is 0 Å². The van der Waals surface area contributed by atoms with Crippen LogP contribution >= 0.6 is 0 Å². The molecular weight excluding hydrogens is 434 g/mol. The number of amides is 2. The SMILES string of the molecule is CCN(CC)C(=O)CN1CCN(C(=O)/C=C/c2ccc(OC(F)F)cc2OC(F)F)CC1. The predicted octanol–water partition coefficient (Wildman–Crippen LogP) is 2.92. The van der Waals surface area contributed by atoms with Crippen LogP contribution in [0.5, 0.6) is 11.5 Å². The molecule has 0 aliphatic carbocycles. The summed E-state index contributed by atoms with van der Waals surface area (Å²) in [7, 11) is 0. The summed E-state index contributed by atoms with van der Waals surface area (Å²) in [5.74, 6) is -1.02.